The molecule has 3 heterocycles. The van der Waals surface area contributed by atoms with Crippen LogP contribution in [-0.2, 0) is 26.5 Å². The first kappa shape index (κ1) is 35.6. The molecule has 0 atom stereocenters. The average Bonchev–Trinajstić information content (AvgIpc) is 3.45. The van der Waals surface area contributed by atoms with Crippen molar-refractivity contribution in [1.29, 1.82) is 0 Å². The Labute approximate surface area is 304 Å². The van der Waals surface area contributed by atoms with Crippen molar-refractivity contribution in [2.75, 3.05) is 0 Å². The van der Waals surface area contributed by atoms with Gasteiger partial charge in [0.25, 0.3) is 0 Å². The van der Waals surface area contributed by atoms with Crippen molar-refractivity contribution in [2.45, 2.75) is 53.8 Å². The molecule has 5 heteroatoms. The van der Waals surface area contributed by atoms with E-state index in [0.717, 1.165) is 28.9 Å². The van der Waals surface area contributed by atoms with Gasteiger partial charge in [0.2, 0.25) is 0 Å². The predicted molar refractivity (Wildman–Crippen MR) is 206 cm³/mol. The first-order valence-electron chi connectivity index (χ1n) is 16.4. The summed E-state index contributed by atoms with van der Waals surface area (Å²) >= 11 is 1.86. The van der Waals surface area contributed by atoms with E-state index >= 15 is 0 Å². The Balaban J connectivity index is 0.000000214. The van der Waals surface area contributed by atoms with E-state index in [1.54, 1.807) is 0 Å². The van der Waals surface area contributed by atoms with Gasteiger partial charge in [0.1, 0.15) is 0 Å². The van der Waals surface area contributed by atoms with Gasteiger partial charge in [-0.2, -0.15) is 11.3 Å². The van der Waals surface area contributed by atoms with Crippen molar-refractivity contribution in [3.63, 3.8) is 0 Å². The number of benzene rings is 4. The third kappa shape index (κ3) is 7.77. The summed E-state index contributed by atoms with van der Waals surface area (Å²) in [5.41, 5.74) is 10.8. The Kier molecular flexibility index (Phi) is 11.3. The molecule has 7 rings (SSSR count). The standard InChI is InChI=1S/C28H24NS.C15H18NSi.Ir/c1-18(2)15-21-16-26(29-17-19(21)3)25-14-8-13-24-23-12-7-11-22(27(23)30-28(24)25)20-9-5-4-6-10-20;1-12-10-14(13-8-6-5-7-9-13)16-11-15(12)17(2,3)4;/h4-13,16-18H,15H2,1-3H3;5-8,10-11H,1-4H3;/q2*-1;. The molecule has 0 bridgehead atoms. The van der Waals surface area contributed by atoms with E-state index in [0.29, 0.717) is 5.92 Å². The van der Waals surface area contributed by atoms with Crippen molar-refractivity contribution >= 4 is 44.8 Å². The number of aromatic nitrogens is 2. The molecule has 0 unspecified atom stereocenters. The van der Waals surface area contributed by atoms with Gasteiger partial charge < -0.3 is 9.97 Å². The predicted octanol–water partition coefficient (Wildman–Crippen LogP) is 11.5. The third-order valence-corrected chi connectivity index (χ3v) is 12.0. The van der Waals surface area contributed by atoms with Gasteiger partial charge in [-0.25, -0.2) is 0 Å². The molecule has 0 N–H and O–H groups in total. The quantitative estimate of drug-likeness (QED) is 0.123. The largest absolute Gasteiger partial charge is 0.305 e. The summed E-state index contributed by atoms with van der Waals surface area (Å²) in [6.45, 7) is 15.9. The maximum absolute atomic E-state index is 4.79. The van der Waals surface area contributed by atoms with Crippen LogP contribution in [-0.4, -0.2) is 18.0 Å². The van der Waals surface area contributed by atoms with Crippen LogP contribution in [0, 0.1) is 31.9 Å². The van der Waals surface area contributed by atoms with Crippen molar-refractivity contribution < 1.29 is 20.1 Å². The molecule has 4 aromatic carbocycles. The fourth-order valence-corrected chi connectivity index (χ4v) is 9.25. The number of aryl methyl sites for hydroxylation is 2. The van der Waals surface area contributed by atoms with Crippen molar-refractivity contribution in [1.82, 2.24) is 9.97 Å². The van der Waals surface area contributed by atoms with E-state index in [9.17, 15) is 0 Å². The molecular formula is C43H42IrN2SSi-2. The Hall–Kier alpha value is -3.73. The maximum Gasteiger partial charge on any atom is 0.0798 e. The first-order valence-corrected chi connectivity index (χ1v) is 20.7. The van der Waals surface area contributed by atoms with Crippen LogP contribution in [0.5, 0.6) is 0 Å². The molecular weight excluding hydrogens is 797 g/mol. The Bertz CT molecular complexity index is 2150. The monoisotopic (exact) mass is 839 g/mol. The molecule has 245 valence electrons. The molecule has 0 aliphatic carbocycles. The van der Waals surface area contributed by atoms with E-state index in [-0.39, 0.29) is 20.1 Å². The Morgan fingerprint density at radius 2 is 1.44 bits per heavy atom. The average molecular weight is 839 g/mol. The normalized spacial score (nSPS) is 11.3. The molecule has 0 aliphatic rings. The van der Waals surface area contributed by atoms with Gasteiger partial charge >= 0.3 is 0 Å². The van der Waals surface area contributed by atoms with Gasteiger partial charge in [-0.15, -0.1) is 59.7 Å². The van der Waals surface area contributed by atoms with Crippen LogP contribution in [0.2, 0.25) is 19.6 Å². The Morgan fingerprint density at radius 3 is 2.12 bits per heavy atom. The van der Waals surface area contributed by atoms with E-state index in [2.05, 4.69) is 143 Å². The van der Waals surface area contributed by atoms with Crippen molar-refractivity contribution in [2.24, 2.45) is 5.92 Å². The minimum atomic E-state index is -1.27. The minimum absolute atomic E-state index is 0. The van der Waals surface area contributed by atoms with Crippen molar-refractivity contribution in [3.05, 3.63) is 138 Å². The number of hydrogen-bond acceptors (Lipinski definition) is 3. The minimum Gasteiger partial charge on any atom is -0.305 e. The smallest absolute Gasteiger partial charge is 0.0798 e. The second kappa shape index (κ2) is 15.2. The van der Waals surface area contributed by atoms with Crippen LogP contribution in [0.25, 0.3) is 53.8 Å². The number of pyridine rings is 2. The summed E-state index contributed by atoms with van der Waals surface area (Å²) in [7, 11) is -1.27. The molecule has 0 fully saturated rings. The van der Waals surface area contributed by atoms with Gasteiger partial charge in [-0.05, 0) is 69.5 Å². The summed E-state index contributed by atoms with van der Waals surface area (Å²) < 4.78 is 2.59. The zero-order chi connectivity index (χ0) is 33.1. The Morgan fingerprint density at radius 1 is 0.708 bits per heavy atom. The topological polar surface area (TPSA) is 25.8 Å². The van der Waals surface area contributed by atoms with Crippen LogP contribution in [0.15, 0.2) is 109 Å². The fourth-order valence-electron chi connectivity index (χ4n) is 6.20. The van der Waals surface area contributed by atoms with Crippen LogP contribution in [0.1, 0.15) is 30.5 Å². The first-order chi connectivity index (χ1) is 22.6. The second-order valence-corrected chi connectivity index (χ2v) is 19.8. The number of thiophene rings is 1. The number of hydrogen-bond donors (Lipinski definition) is 0. The van der Waals surface area contributed by atoms with Crippen LogP contribution >= 0.6 is 11.3 Å². The molecule has 3 aromatic heterocycles. The molecule has 0 saturated heterocycles. The molecule has 0 spiro atoms. The van der Waals surface area contributed by atoms with E-state index in [1.807, 2.05) is 41.8 Å². The van der Waals surface area contributed by atoms with Gasteiger partial charge in [0, 0.05) is 37.2 Å². The number of fused-ring (bicyclic) bond motifs is 3. The van der Waals surface area contributed by atoms with E-state index < -0.39 is 8.07 Å². The van der Waals surface area contributed by atoms with Gasteiger partial charge in [0.15, 0.2) is 0 Å². The molecule has 0 aliphatic heterocycles. The second-order valence-electron chi connectivity index (χ2n) is 13.8. The van der Waals surface area contributed by atoms with E-state index in [4.69, 9.17) is 4.98 Å². The summed E-state index contributed by atoms with van der Waals surface area (Å²) in [5, 5.41) is 4.03. The SMILES string of the molecule is Cc1cc(-c2[c-]cccc2)ncc1[Si](C)(C)C.Cc1cnc(-c2[c-]ccc3c2sc2c(-c4ccccc4)cccc23)cc1CC(C)C.[Ir]. The van der Waals surface area contributed by atoms with Crippen LogP contribution in [0.3, 0.4) is 0 Å². The molecule has 0 saturated carbocycles. The molecule has 2 nitrogen and oxygen atoms in total. The van der Waals surface area contributed by atoms with Gasteiger partial charge in [0.05, 0.1) is 8.07 Å². The summed E-state index contributed by atoms with van der Waals surface area (Å²) in [6, 6.07) is 40.7. The van der Waals surface area contributed by atoms with Gasteiger partial charge in [-0.1, -0.05) is 111 Å². The number of nitrogens with zero attached hydrogens (tertiary/aromatic N) is 2. The molecule has 0 amide bonds. The van der Waals surface area contributed by atoms with Gasteiger partial charge in [-0.3, -0.25) is 0 Å². The number of rotatable bonds is 6. The van der Waals surface area contributed by atoms with Crippen LogP contribution < -0.4 is 5.19 Å². The molecule has 7 aromatic rings. The maximum atomic E-state index is 4.79. The van der Waals surface area contributed by atoms with Crippen LogP contribution in [0.4, 0.5) is 0 Å². The molecule has 1 radical (unpaired) electrons. The zero-order valence-corrected chi connectivity index (χ0v) is 33.0. The van der Waals surface area contributed by atoms with E-state index in [1.165, 1.54) is 53.2 Å². The fraction of sp³-hybridized carbons (Fsp3) is 0.209. The summed E-state index contributed by atoms with van der Waals surface area (Å²) in [4.78, 5) is 9.37. The van der Waals surface area contributed by atoms with Crippen molar-refractivity contribution in [3.8, 4) is 33.6 Å². The summed E-state index contributed by atoms with van der Waals surface area (Å²) in [5.74, 6) is 0.622. The molecule has 48 heavy (non-hydrogen) atoms. The zero-order valence-electron chi connectivity index (χ0n) is 28.8. The summed E-state index contributed by atoms with van der Waals surface area (Å²) in [6.07, 6.45) is 5.14. The third-order valence-electron chi connectivity index (χ3n) is 8.55.